The fourth-order valence-corrected chi connectivity index (χ4v) is 7.95. The lowest BCUT2D eigenvalue weighted by atomic mass is 10.1. The zero-order valence-electron chi connectivity index (χ0n) is 16.3. The first kappa shape index (κ1) is 21.3. The number of carboxylic acid groups (broad SMARTS) is 1. The Bertz CT molecular complexity index is 526. The van der Waals surface area contributed by atoms with Gasteiger partial charge in [-0.25, -0.2) is 0 Å². The van der Waals surface area contributed by atoms with Crippen LogP contribution in [0.15, 0.2) is 11.6 Å². The van der Waals surface area contributed by atoms with Crippen LogP contribution in [0.4, 0.5) is 0 Å². The molecule has 0 amide bonds. The molecule has 2 atom stereocenters. The summed E-state index contributed by atoms with van der Waals surface area (Å²) in [6, 6.07) is 1.96. The molecule has 0 aromatic rings. The van der Waals surface area contributed by atoms with Gasteiger partial charge >= 0.3 is 5.97 Å². The number of ether oxygens (including phenoxy) is 1. The predicted octanol–water partition coefficient (Wildman–Crippen LogP) is 2.84. The van der Waals surface area contributed by atoms with Crippen molar-refractivity contribution in [1.82, 2.24) is 4.90 Å². The largest absolute Gasteiger partial charge is 0.481 e. The fraction of sp³-hybridized carbons (Fsp3) is 0.789. The summed E-state index contributed by atoms with van der Waals surface area (Å²) in [5.41, 5.74) is 0.857. The van der Waals surface area contributed by atoms with E-state index in [0.29, 0.717) is 17.5 Å². The van der Waals surface area contributed by atoms with Gasteiger partial charge in [-0.3, -0.25) is 14.5 Å². The zero-order chi connectivity index (χ0) is 19.2. The molecule has 1 fully saturated rings. The molecule has 148 valence electrons. The van der Waals surface area contributed by atoms with Gasteiger partial charge in [0.1, 0.15) is 6.10 Å². The molecule has 2 rings (SSSR count). The molecule has 1 heterocycles. The van der Waals surface area contributed by atoms with Gasteiger partial charge in [-0.2, -0.15) is 0 Å². The molecule has 0 radical (unpaired) electrons. The Balaban J connectivity index is 1.95. The van der Waals surface area contributed by atoms with E-state index in [1.807, 2.05) is 0 Å². The van der Waals surface area contributed by atoms with Crippen molar-refractivity contribution in [3.63, 3.8) is 0 Å². The summed E-state index contributed by atoms with van der Waals surface area (Å²) in [4.78, 5) is 25.9. The number of morpholine rings is 1. The second-order valence-electron chi connectivity index (χ2n) is 7.42. The summed E-state index contributed by atoms with van der Waals surface area (Å²) < 4.78 is 11.9. The predicted molar refractivity (Wildman–Crippen MR) is 103 cm³/mol. The highest BCUT2D eigenvalue weighted by molar-refractivity contribution is 6.75. The lowest BCUT2D eigenvalue weighted by molar-refractivity contribution is -0.137. The molecular weight excluding hydrogens is 350 g/mol. The van der Waals surface area contributed by atoms with Crippen molar-refractivity contribution in [3.05, 3.63) is 11.6 Å². The third-order valence-corrected chi connectivity index (χ3v) is 11.2. The minimum absolute atomic E-state index is 0.119. The maximum atomic E-state index is 12.5. The average Bonchev–Trinajstić information content (AvgIpc) is 2.97. The SMILES string of the molecule is CC[Si](CC)(OC1CC=C(CC(=O)O)C1=O)C(C)CCN1CCOCC1. The highest BCUT2D eigenvalue weighted by atomic mass is 28.4. The zero-order valence-corrected chi connectivity index (χ0v) is 17.3. The Kier molecular flexibility index (Phi) is 8.00. The van der Waals surface area contributed by atoms with Crippen LogP contribution < -0.4 is 0 Å². The molecule has 1 N–H and O–H groups in total. The highest BCUT2D eigenvalue weighted by Gasteiger charge is 2.42. The molecule has 7 heteroatoms. The Hall–Kier alpha value is -1.02. The number of nitrogens with zero attached hydrogens (tertiary/aromatic N) is 1. The molecular formula is C19H33NO5Si. The lowest BCUT2D eigenvalue weighted by Gasteiger charge is -2.38. The van der Waals surface area contributed by atoms with Gasteiger partial charge in [0.15, 0.2) is 14.1 Å². The van der Waals surface area contributed by atoms with Crippen molar-refractivity contribution >= 4 is 20.1 Å². The summed E-state index contributed by atoms with van der Waals surface area (Å²) in [5, 5.41) is 8.95. The van der Waals surface area contributed by atoms with Crippen LogP contribution in [0.3, 0.4) is 0 Å². The van der Waals surface area contributed by atoms with E-state index in [1.54, 1.807) is 6.08 Å². The van der Waals surface area contributed by atoms with Gasteiger partial charge in [0.05, 0.1) is 19.6 Å². The van der Waals surface area contributed by atoms with Gasteiger partial charge in [-0.1, -0.05) is 26.8 Å². The maximum Gasteiger partial charge on any atom is 0.307 e. The van der Waals surface area contributed by atoms with Crippen LogP contribution in [0.2, 0.25) is 17.6 Å². The van der Waals surface area contributed by atoms with Crippen LogP contribution in [-0.2, 0) is 18.8 Å². The third kappa shape index (κ3) is 5.25. The molecule has 0 aromatic heterocycles. The lowest BCUT2D eigenvalue weighted by Crippen LogP contribution is -2.47. The van der Waals surface area contributed by atoms with Crippen LogP contribution >= 0.6 is 0 Å². The van der Waals surface area contributed by atoms with Crippen molar-refractivity contribution in [2.75, 3.05) is 32.8 Å². The van der Waals surface area contributed by atoms with Crippen molar-refractivity contribution in [1.29, 1.82) is 0 Å². The molecule has 1 aliphatic heterocycles. The Labute approximate surface area is 157 Å². The molecule has 2 aliphatic rings. The van der Waals surface area contributed by atoms with E-state index in [1.165, 1.54) is 0 Å². The standard InChI is InChI=1S/C19H33NO5Si/c1-4-26(5-2,15(3)8-9-20-10-12-24-13-11-20)25-17-7-6-16(19(17)23)14-18(21)22/h6,15,17H,4-5,7-14H2,1-3H3,(H,21,22). The summed E-state index contributed by atoms with van der Waals surface area (Å²) in [6.45, 7) is 11.3. The van der Waals surface area contributed by atoms with Gasteiger partial charge < -0.3 is 14.3 Å². The van der Waals surface area contributed by atoms with Gasteiger partial charge in [-0.15, -0.1) is 0 Å². The van der Waals surface area contributed by atoms with Crippen molar-refractivity contribution < 1.29 is 23.9 Å². The summed E-state index contributed by atoms with van der Waals surface area (Å²) in [5.74, 6) is -1.08. The number of carboxylic acids is 1. The van der Waals surface area contributed by atoms with Gasteiger partial charge in [0.2, 0.25) is 0 Å². The normalized spacial score (nSPS) is 23.1. The number of Topliss-reactive ketones (excluding diaryl/α,β-unsaturated/α-hetero) is 1. The molecule has 1 saturated heterocycles. The van der Waals surface area contributed by atoms with E-state index < -0.39 is 20.4 Å². The Morgan fingerprint density at radius 2 is 2.04 bits per heavy atom. The smallest absolute Gasteiger partial charge is 0.307 e. The molecule has 0 aromatic carbocycles. The van der Waals surface area contributed by atoms with Crippen LogP contribution in [0.5, 0.6) is 0 Å². The van der Waals surface area contributed by atoms with Crippen LogP contribution in [0.1, 0.15) is 40.0 Å². The van der Waals surface area contributed by atoms with Gasteiger partial charge in [0.25, 0.3) is 0 Å². The van der Waals surface area contributed by atoms with Crippen molar-refractivity contribution in [2.45, 2.75) is 63.8 Å². The number of aliphatic carboxylic acids is 1. The minimum Gasteiger partial charge on any atom is -0.481 e. The van der Waals surface area contributed by atoms with E-state index in [2.05, 4.69) is 25.7 Å². The van der Waals surface area contributed by atoms with Crippen molar-refractivity contribution in [2.24, 2.45) is 0 Å². The van der Waals surface area contributed by atoms with E-state index in [9.17, 15) is 9.59 Å². The topological polar surface area (TPSA) is 76.1 Å². The van der Waals surface area contributed by atoms with Gasteiger partial charge in [-0.05, 0) is 37.0 Å². The molecule has 26 heavy (non-hydrogen) atoms. The summed E-state index contributed by atoms with van der Waals surface area (Å²) >= 11 is 0. The number of hydrogen-bond donors (Lipinski definition) is 1. The third-order valence-electron chi connectivity index (χ3n) is 5.98. The average molecular weight is 384 g/mol. The first-order valence-electron chi connectivity index (χ1n) is 9.84. The number of carbonyl (C=O) groups is 2. The molecule has 0 spiro atoms. The minimum atomic E-state index is -2.07. The summed E-state index contributed by atoms with van der Waals surface area (Å²) in [7, 11) is -2.07. The number of hydrogen-bond acceptors (Lipinski definition) is 5. The highest BCUT2D eigenvalue weighted by Crippen LogP contribution is 2.36. The quantitative estimate of drug-likeness (QED) is 0.585. The maximum absolute atomic E-state index is 12.5. The van der Waals surface area contributed by atoms with Crippen LogP contribution in [-0.4, -0.2) is 69.0 Å². The van der Waals surface area contributed by atoms with E-state index in [-0.39, 0.29) is 12.2 Å². The Morgan fingerprint density at radius 1 is 1.38 bits per heavy atom. The number of carbonyl (C=O) groups excluding carboxylic acids is 1. The number of ketones is 1. The first-order valence-corrected chi connectivity index (χ1v) is 12.2. The second-order valence-corrected chi connectivity index (χ2v) is 12.2. The first-order chi connectivity index (χ1) is 12.4. The van der Waals surface area contributed by atoms with E-state index >= 15 is 0 Å². The second kappa shape index (κ2) is 9.78. The molecule has 0 saturated carbocycles. The van der Waals surface area contributed by atoms with Crippen LogP contribution in [0, 0.1) is 0 Å². The number of rotatable bonds is 10. The van der Waals surface area contributed by atoms with Crippen molar-refractivity contribution in [3.8, 4) is 0 Å². The molecule has 2 unspecified atom stereocenters. The molecule has 0 bridgehead atoms. The van der Waals surface area contributed by atoms with Crippen LogP contribution in [0.25, 0.3) is 0 Å². The van der Waals surface area contributed by atoms with E-state index in [4.69, 9.17) is 14.3 Å². The Morgan fingerprint density at radius 3 is 2.62 bits per heavy atom. The van der Waals surface area contributed by atoms with Gasteiger partial charge in [0, 0.05) is 18.7 Å². The monoisotopic (exact) mass is 383 g/mol. The molecule has 1 aliphatic carbocycles. The fourth-order valence-electron chi connectivity index (χ4n) is 4.06. The van der Waals surface area contributed by atoms with E-state index in [0.717, 1.165) is 51.4 Å². The molecule has 6 nitrogen and oxygen atoms in total. The summed E-state index contributed by atoms with van der Waals surface area (Å²) in [6.07, 6.45) is 2.68.